The van der Waals surface area contributed by atoms with Gasteiger partial charge in [0.25, 0.3) is 5.91 Å². The molecule has 2 amide bonds. The predicted molar refractivity (Wildman–Crippen MR) is 104 cm³/mol. The first-order valence-corrected chi connectivity index (χ1v) is 9.33. The van der Waals surface area contributed by atoms with Crippen molar-refractivity contribution in [2.45, 2.75) is 12.8 Å². The van der Waals surface area contributed by atoms with Crippen LogP contribution >= 0.6 is 0 Å². The van der Waals surface area contributed by atoms with Crippen molar-refractivity contribution >= 4 is 17.8 Å². The molecule has 2 aromatic rings. The molecule has 0 bridgehead atoms. The van der Waals surface area contributed by atoms with Gasteiger partial charge in [-0.1, -0.05) is 12.1 Å². The third-order valence-electron chi connectivity index (χ3n) is 4.96. The zero-order valence-corrected chi connectivity index (χ0v) is 16.2. The predicted octanol–water partition coefficient (Wildman–Crippen LogP) is 1.96. The maximum absolute atomic E-state index is 12.9. The lowest BCUT2D eigenvalue weighted by Crippen LogP contribution is -2.38. The van der Waals surface area contributed by atoms with E-state index in [9.17, 15) is 14.4 Å². The fourth-order valence-electron chi connectivity index (χ4n) is 3.20. The van der Waals surface area contributed by atoms with Gasteiger partial charge >= 0.3 is 5.97 Å². The molecule has 3 rings (SSSR count). The van der Waals surface area contributed by atoms with Gasteiger partial charge in [0.05, 0.1) is 24.3 Å². The van der Waals surface area contributed by atoms with E-state index in [4.69, 9.17) is 4.74 Å². The molecule has 1 atom stereocenters. The van der Waals surface area contributed by atoms with E-state index in [1.54, 1.807) is 30.0 Å². The van der Waals surface area contributed by atoms with Crippen LogP contribution in [0.15, 0.2) is 48.8 Å². The molecule has 0 saturated carbocycles. The van der Waals surface area contributed by atoms with E-state index >= 15 is 0 Å². The number of nitrogens with zero attached hydrogens (tertiary/aromatic N) is 3. The number of carbonyl (C=O) groups excluding carboxylic acids is 3. The van der Waals surface area contributed by atoms with E-state index in [1.165, 1.54) is 0 Å². The summed E-state index contributed by atoms with van der Waals surface area (Å²) in [6.07, 6.45) is 4.39. The minimum Gasteiger partial charge on any atom is -0.465 e. The van der Waals surface area contributed by atoms with Crippen molar-refractivity contribution in [2.24, 2.45) is 5.92 Å². The standard InChI is InChI=1S/C21H25N3O4/c1-22(19(25)13-16-14-20(26)28-15-16)11-12-23(2)21(27)17-7-3-4-8-18(17)24-9-5-6-10-24/h3-10,16H,11-15H2,1-2H3. The molecular formula is C21H25N3O4. The van der Waals surface area contributed by atoms with Crippen molar-refractivity contribution in [2.75, 3.05) is 33.8 Å². The van der Waals surface area contributed by atoms with E-state index in [0.717, 1.165) is 5.69 Å². The zero-order chi connectivity index (χ0) is 20.1. The monoisotopic (exact) mass is 383 g/mol. The van der Waals surface area contributed by atoms with Crippen molar-refractivity contribution in [1.29, 1.82) is 0 Å². The normalized spacial score (nSPS) is 15.9. The van der Waals surface area contributed by atoms with E-state index in [2.05, 4.69) is 0 Å². The largest absolute Gasteiger partial charge is 0.465 e. The number of likely N-dealkylation sites (N-methyl/N-ethyl adjacent to an activating group) is 2. The molecular weight excluding hydrogens is 358 g/mol. The SMILES string of the molecule is CN(CCN(C)C(=O)c1ccccc1-n1cccc1)C(=O)CC1COC(=O)C1. The van der Waals surface area contributed by atoms with Crippen LogP contribution in [0.2, 0.25) is 0 Å². The molecule has 1 aliphatic rings. The van der Waals surface area contributed by atoms with Gasteiger partial charge in [-0.2, -0.15) is 0 Å². The van der Waals surface area contributed by atoms with Gasteiger partial charge in [0.2, 0.25) is 5.91 Å². The number of para-hydroxylation sites is 1. The van der Waals surface area contributed by atoms with E-state index in [1.807, 2.05) is 47.3 Å². The number of benzene rings is 1. The molecule has 1 saturated heterocycles. The van der Waals surface area contributed by atoms with Crippen molar-refractivity contribution in [3.05, 3.63) is 54.4 Å². The highest BCUT2D eigenvalue weighted by Gasteiger charge is 2.27. The van der Waals surface area contributed by atoms with E-state index in [-0.39, 0.29) is 30.1 Å². The topological polar surface area (TPSA) is 71.8 Å². The van der Waals surface area contributed by atoms with Crippen LogP contribution in [-0.2, 0) is 14.3 Å². The number of ether oxygens (including phenoxy) is 1. The summed E-state index contributed by atoms with van der Waals surface area (Å²) in [6, 6.07) is 11.3. The summed E-state index contributed by atoms with van der Waals surface area (Å²) < 4.78 is 6.81. The Labute approximate surface area is 164 Å². The second-order valence-electron chi connectivity index (χ2n) is 7.11. The molecule has 1 aromatic heterocycles. The summed E-state index contributed by atoms with van der Waals surface area (Å²) in [7, 11) is 3.45. The molecule has 7 nitrogen and oxygen atoms in total. The van der Waals surface area contributed by atoms with Crippen LogP contribution in [0, 0.1) is 5.92 Å². The Morgan fingerprint density at radius 3 is 2.43 bits per heavy atom. The molecule has 148 valence electrons. The number of esters is 1. The molecule has 0 spiro atoms. The summed E-state index contributed by atoms with van der Waals surface area (Å²) in [4.78, 5) is 39.6. The lowest BCUT2D eigenvalue weighted by Gasteiger charge is -2.24. The van der Waals surface area contributed by atoms with Gasteiger partial charge in [-0.05, 0) is 24.3 Å². The van der Waals surface area contributed by atoms with Gasteiger partial charge < -0.3 is 19.1 Å². The average molecular weight is 383 g/mol. The van der Waals surface area contributed by atoms with E-state index < -0.39 is 0 Å². The van der Waals surface area contributed by atoms with Crippen LogP contribution in [-0.4, -0.2) is 65.9 Å². The fourth-order valence-corrected chi connectivity index (χ4v) is 3.20. The number of aromatic nitrogens is 1. The summed E-state index contributed by atoms with van der Waals surface area (Å²) in [5, 5.41) is 0. The van der Waals surface area contributed by atoms with Gasteiger partial charge in [-0.3, -0.25) is 14.4 Å². The zero-order valence-electron chi connectivity index (χ0n) is 16.2. The summed E-state index contributed by atoms with van der Waals surface area (Å²) >= 11 is 0. The summed E-state index contributed by atoms with van der Waals surface area (Å²) in [6.45, 7) is 1.16. The van der Waals surface area contributed by atoms with Crippen LogP contribution < -0.4 is 0 Å². The Kier molecular flexibility index (Phi) is 6.13. The number of hydrogen-bond acceptors (Lipinski definition) is 4. The Hall–Kier alpha value is -3.09. The number of carbonyl (C=O) groups is 3. The number of amides is 2. The molecule has 1 aliphatic heterocycles. The quantitative estimate of drug-likeness (QED) is 0.686. The van der Waals surface area contributed by atoms with Crippen LogP contribution in [0.3, 0.4) is 0 Å². The maximum Gasteiger partial charge on any atom is 0.306 e. The summed E-state index contributed by atoms with van der Waals surface area (Å²) in [5.41, 5.74) is 1.43. The molecule has 0 aliphatic carbocycles. The van der Waals surface area contributed by atoms with Crippen molar-refractivity contribution in [3.8, 4) is 5.69 Å². The van der Waals surface area contributed by atoms with Gasteiger partial charge in [0, 0.05) is 51.9 Å². The first kappa shape index (κ1) is 19.7. The second-order valence-corrected chi connectivity index (χ2v) is 7.11. The van der Waals surface area contributed by atoms with Gasteiger partial charge in [-0.15, -0.1) is 0 Å². The molecule has 2 heterocycles. The molecule has 0 N–H and O–H groups in total. The molecule has 1 unspecified atom stereocenters. The lowest BCUT2D eigenvalue weighted by atomic mass is 10.0. The average Bonchev–Trinajstić information content (AvgIpc) is 3.37. The van der Waals surface area contributed by atoms with Crippen LogP contribution in [0.5, 0.6) is 0 Å². The number of cyclic esters (lactones) is 1. The Morgan fingerprint density at radius 2 is 1.75 bits per heavy atom. The maximum atomic E-state index is 12.9. The molecule has 1 fully saturated rings. The first-order valence-electron chi connectivity index (χ1n) is 9.33. The van der Waals surface area contributed by atoms with Crippen LogP contribution in [0.4, 0.5) is 0 Å². The van der Waals surface area contributed by atoms with Gasteiger partial charge in [0.15, 0.2) is 0 Å². The third-order valence-corrected chi connectivity index (χ3v) is 4.96. The smallest absolute Gasteiger partial charge is 0.306 e. The summed E-state index contributed by atoms with van der Waals surface area (Å²) in [5.74, 6) is -0.431. The van der Waals surface area contributed by atoms with Crippen LogP contribution in [0.25, 0.3) is 5.69 Å². The van der Waals surface area contributed by atoms with Crippen molar-refractivity contribution in [1.82, 2.24) is 14.4 Å². The van der Waals surface area contributed by atoms with Gasteiger partial charge in [0.1, 0.15) is 0 Å². The Morgan fingerprint density at radius 1 is 1.07 bits per heavy atom. The molecule has 1 aromatic carbocycles. The molecule has 28 heavy (non-hydrogen) atoms. The third kappa shape index (κ3) is 4.60. The highest BCUT2D eigenvalue weighted by molar-refractivity contribution is 5.97. The highest BCUT2D eigenvalue weighted by atomic mass is 16.5. The lowest BCUT2D eigenvalue weighted by molar-refractivity contribution is -0.138. The first-order chi connectivity index (χ1) is 13.5. The number of hydrogen-bond donors (Lipinski definition) is 0. The molecule has 0 radical (unpaired) electrons. The van der Waals surface area contributed by atoms with Crippen molar-refractivity contribution < 1.29 is 19.1 Å². The Bertz CT molecular complexity index is 847. The second kappa shape index (κ2) is 8.73. The molecule has 7 heteroatoms. The van der Waals surface area contributed by atoms with Gasteiger partial charge in [-0.25, -0.2) is 0 Å². The van der Waals surface area contributed by atoms with Crippen molar-refractivity contribution in [3.63, 3.8) is 0 Å². The Balaban J connectivity index is 1.56. The highest BCUT2D eigenvalue weighted by Crippen LogP contribution is 2.19. The van der Waals surface area contributed by atoms with E-state index in [0.29, 0.717) is 31.7 Å². The van der Waals surface area contributed by atoms with Crippen LogP contribution in [0.1, 0.15) is 23.2 Å². The minimum atomic E-state index is -0.243. The fraction of sp³-hybridized carbons (Fsp3) is 0.381. The number of rotatable bonds is 7. The minimum absolute atomic E-state index is 0.0445.